The number of aliphatic imine (C=N–C) groups is 1. The maximum Gasteiger partial charge on any atom is 0.261 e. The van der Waals surface area contributed by atoms with Crippen LogP contribution in [0, 0.1) is 0 Å². The molecule has 0 radical (unpaired) electrons. The zero-order valence-corrected chi connectivity index (χ0v) is 16.2. The zero-order valence-electron chi connectivity index (χ0n) is 16.2. The molecule has 1 saturated carbocycles. The lowest BCUT2D eigenvalue weighted by Crippen LogP contribution is -2.51. The Hall–Kier alpha value is -2.89. The number of hydrogen-bond donors (Lipinski definition) is 1. The largest absolute Gasteiger partial charge is 0.487 e. The molecule has 0 saturated heterocycles. The van der Waals surface area contributed by atoms with Crippen molar-refractivity contribution in [2.45, 2.75) is 49.7 Å². The van der Waals surface area contributed by atoms with Crippen LogP contribution < -0.4 is 10.5 Å². The third-order valence-corrected chi connectivity index (χ3v) is 6.07. The number of benzene rings is 1. The molecule has 6 nitrogen and oxygen atoms in total. The summed E-state index contributed by atoms with van der Waals surface area (Å²) in [5, 5.41) is 0. The van der Waals surface area contributed by atoms with Gasteiger partial charge in [0.15, 0.2) is 11.5 Å². The number of fused-ring (bicyclic) bond motifs is 2. The number of pyridine rings is 1. The molecule has 2 N–H and O–H groups in total. The van der Waals surface area contributed by atoms with Gasteiger partial charge in [0.25, 0.3) is 5.91 Å². The van der Waals surface area contributed by atoms with E-state index in [4.69, 9.17) is 15.5 Å². The fraction of sp³-hybridized carbons (Fsp3) is 0.409. The molecule has 0 bridgehead atoms. The molecular formula is C22H24N4O2. The van der Waals surface area contributed by atoms with Crippen LogP contribution >= 0.6 is 0 Å². The van der Waals surface area contributed by atoms with Crippen molar-refractivity contribution in [3.8, 4) is 5.75 Å². The molecule has 5 rings (SSSR count). The van der Waals surface area contributed by atoms with Crippen molar-refractivity contribution in [3.63, 3.8) is 0 Å². The first-order chi connectivity index (χ1) is 13.4. The highest BCUT2D eigenvalue weighted by Crippen LogP contribution is 2.51. The van der Waals surface area contributed by atoms with Crippen molar-refractivity contribution in [2.24, 2.45) is 10.7 Å². The van der Waals surface area contributed by atoms with E-state index in [9.17, 15) is 4.79 Å². The molecule has 1 spiro atoms. The van der Waals surface area contributed by atoms with Gasteiger partial charge in [-0.2, -0.15) is 0 Å². The Labute approximate surface area is 164 Å². The Morgan fingerprint density at radius 2 is 2.11 bits per heavy atom. The first-order valence-corrected chi connectivity index (χ1v) is 9.77. The molecule has 2 atom stereocenters. The molecule has 1 fully saturated rings. The van der Waals surface area contributed by atoms with E-state index in [1.165, 1.54) is 23.3 Å². The van der Waals surface area contributed by atoms with Gasteiger partial charge in [-0.3, -0.25) is 14.7 Å². The lowest BCUT2D eigenvalue weighted by Gasteiger charge is -2.43. The SMILES string of the molecule is CN1C(=O)C2(C[C@@](C)(Cc3ccccn3)Oc3ccc(C4CC4)cc32)N=C1N. The molecule has 1 aromatic carbocycles. The molecule has 144 valence electrons. The molecular weight excluding hydrogens is 352 g/mol. The maximum absolute atomic E-state index is 13.4. The molecule has 28 heavy (non-hydrogen) atoms. The average Bonchev–Trinajstić information content (AvgIpc) is 3.49. The summed E-state index contributed by atoms with van der Waals surface area (Å²) in [5.41, 5.74) is 7.46. The van der Waals surface area contributed by atoms with Gasteiger partial charge in [-0.1, -0.05) is 12.1 Å². The van der Waals surface area contributed by atoms with Crippen LogP contribution in [0.4, 0.5) is 0 Å². The van der Waals surface area contributed by atoms with Crippen molar-refractivity contribution in [2.75, 3.05) is 7.05 Å². The molecule has 1 amide bonds. The van der Waals surface area contributed by atoms with Crippen LogP contribution in [0.15, 0.2) is 47.6 Å². The van der Waals surface area contributed by atoms with Crippen LogP contribution in [0.3, 0.4) is 0 Å². The summed E-state index contributed by atoms with van der Waals surface area (Å²) in [6.45, 7) is 2.03. The zero-order chi connectivity index (χ0) is 19.5. The van der Waals surface area contributed by atoms with E-state index in [1.807, 2.05) is 31.2 Å². The first-order valence-electron chi connectivity index (χ1n) is 9.77. The molecule has 2 aliphatic heterocycles. The van der Waals surface area contributed by atoms with E-state index in [2.05, 4.69) is 17.1 Å². The van der Waals surface area contributed by atoms with Gasteiger partial charge in [0.1, 0.15) is 11.4 Å². The number of guanidine groups is 1. The third kappa shape index (κ3) is 2.58. The molecule has 6 heteroatoms. The topological polar surface area (TPSA) is 80.8 Å². The Bertz CT molecular complexity index is 985. The number of rotatable bonds is 3. The number of nitrogens with zero attached hydrogens (tertiary/aromatic N) is 3. The highest BCUT2D eigenvalue weighted by atomic mass is 16.5. The van der Waals surface area contributed by atoms with E-state index in [-0.39, 0.29) is 11.9 Å². The Morgan fingerprint density at radius 3 is 2.75 bits per heavy atom. The van der Waals surface area contributed by atoms with Gasteiger partial charge in [0, 0.05) is 37.3 Å². The minimum Gasteiger partial charge on any atom is -0.487 e. The molecule has 2 aromatic rings. The lowest BCUT2D eigenvalue weighted by atomic mass is 9.75. The molecule has 3 heterocycles. The Kier molecular flexibility index (Phi) is 3.57. The summed E-state index contributed by atoms with van der Waals surface area (Å²) < 4.78 is 6.46. The second kappa shape index (κ2) is 5.80. The van der Waals surface area contributed by atoms with E-state index < -0.39 is 11.1 Å². The van der Waals surface area contributed by atoms with Crippen LogP contribution in [0.1, 0.15) is 48.9 Å². The van der Waals surface area contributed by atoms with Gasteiger partial charge >= 0.3 is 0 Å². The van der Waals surface area contributed by atoms with E-state index in [0.29, 0.717) is 24.5 Å². The van der Waals surface area contributed by atoms with E-state index in [1.54, 1.807) is 13.2 Å². The monoisotopic (exact) mass is 376 g/mol. The first kappa shape index (κ1) is 17.2. The fourth-order valence-corrected chi connectivity index (χ4v) is 4.54. The van der Waals surface area contributed by atoms with Gasteiger partial charge in [0.05, 0.1) is 0 Å². The number of aromatic nitrogens is 1. The van der Waals surface area contributed by atoms with Gasteiger partial charge < -0.3 is 10.5 Å². The third-order valence-electron chi connectivity index (χ3n) is 6.07. The summed E-state index contributed by atoms with van der Waals surface area (Å²) in [4.78, 5) is 24.0. The fourth-order valence-electron chi connectivity index (χ4n) is 4.54. The number of amides is 1. The second-order valence-corrected chi connectivity index (χ2v) is 8.45. The van der Waals surface area contributed by atoms with Crippen molar-refractivity contribution < 1.29 is 9.53 Å². The number of carbonyl (C=O) groups excluding carboxylic acids is 1. The van der Waals surface area contributed by atoms with Crippen molar-refractivity contribution in [1.29, 1.82) is 0 Å². The summed E-state index contributed by atoms with van der Waals surface area (Å²) in [6, 6.07) is 12.1. The van der Waals surface area contributed by atoms with Gasteiger partial charge in [0.2, 0.25) is 0 Å². The molecule has 1 unspecified atom stereocenters. The highest BCUT2D eigenvalue weighted by Gasteiger charge is 2.57. The van der Waals surface area contributed by atoms with E-state index >= 15 is 0 Å². The lowest BCUT2D eigenvalue weighted by molar-refractivity contribution is -0.133. The van der Waals surface area contributed by atoms with Crippen LogP contribution in [-0.2, 0) is 16.8 Å². The molecule has 1 aliphatic carbocycles. The van der Waals surface area contributed by atoms with Crippen molar-refractivity contribution >= 4 is 11.9 Å². The van der Waals surface area contributed by atoms with Crippen molar-refractivity contribution in [1.82, 2.24) is 9.88 Å². The smallest absolute Gasteiger partial charge is 0.261 e. The molecule has 3 aliphatic rings. The normalized spacial score (nSPS) is 28.9. The number of carbonyl (C=O) groups is 1. The number of hydrogen-bond acceptors (Lipinski definition) is 5. The summed E-state index contributed by atoms with van der Waals surface area (Å²) in [5.74, 6) is 1.47. The van der Waals surface area contributed by atoms with E-state index in [0.717, 1.165) is 11.3 Å². The number of nitrogens with two attached hydrogens (primary N) is 1. The second-order valence-electron chi connectivity index (χ2n) is 8.45. The van der Waals surface area contributed by atoms with Gasteiger partial charge in [-0.25, -0.2) is 4.99 Å². The minimum atomic E-state index is -1.03. The number of likely N-dealkylation sites (N-methyl/N-ethyl adjacent to an activating group) is 1. The summed E-state index contributed by atoms with van der Waals surface area (Å²) >= 11 is 0. The average molecular weight is 376 g/mol. The van der Waals surface area contributed by atoms with Gasteiger partial charge in [-0.05, 0) is 55.5 Å². The Balaban J connectivity index is 1.62. The van der Waals surface area contributed by atoms with Crippen LogP contribution in [0.5, 0.6) is 5.75 Å². The van der Waals surface area contributed by atoms with Crippen LogP contribution in [0.25, 0.3) is 0 Å². The minimum absolute atomic E-state index is 0.0882. The van der Waals surface area contributed by atoms with Crippen LogP contribution in [-0.4, -0.2) is 34.4 Å². The highest BCUT2D eigenvalue weighted by molar-refractivity contribution is 6.07. The Morgan fingerprint density at radius 1 is 1.29 bits per heavy atom. The van der Waals surface area contributed by atoms with Crippen LogP contribution in [0.2, 0.25) is 0 Å². The standard InChI is InChI=1S/C22H24N4O2/c1-21(12-16-5-3-4-10-24-16)13-22(19(27)26(2)20(23)25-22)17-11-15(14-6-7-14)8-9-18(17)28-21/h3-5,8-11,14H,6-7,12-13H2,1-2H3,(H2,23,25)/t21-,22?/m1/s1. The summed E-state index contributed by atoms with van der Waals surface area (Å²) in [6.07, 6.45) is 5.19. The maximum atomic E-state index is 13.4. The molecule has 1 aromatic heterocycles. The summed E-state index contributed by atoms with van der Waals surface area (Å²) in [7, 11) is 1.69. The van der Waals surface area contributed by atoms with Crippen molar-refractivity contribution in [3.05, 3.63) is 59.4 Å². The van der Waals surface area contributed by atoms with Gasteiger partial charge in [-0.15, -0.1) is 0 Å². The number of ether oxygens (including phenoxy) is 1. The predicted octanol–water partition coefficient (Wildman–Crippen LogP) is 2.72. The predicted molar refractivity (Wildman–Crippen MR) is 106 cm³/mol. The quantitative estimate of drug-likeness (QED) is 0.893.